The van der Waals surface area contributed by atoms with Gasteiger partial charge in [-0.15, -0.1) is 0 Å². The molecule has 0 spiro atoms. The van der Waals surface area contributed by atoms with E-state index < -0.39 is 11.6 Å². The second-order valence-electron chi connectivity index (χ2n) is 5.66. The first-order chi connectivity index (χ1) is 13.1. The van der Waals surface area contributed by atoms with E-state index in [2.05, 4.69) is 19.9 Å². The molecule has 27 heavy (non-hydrogen) atoms. The molecule has 0 atom stereocenters. The van der Waals surface area contributed by atoms with E-state index >= 15 is 0 Å². The molecule has 0 saturated heterocycles. The summed E-state index contributed by atoms with van der Waals surface area (Å²) in [4.78, 5) is 39.8. The number of ether oxygens (including phenoxy) is 1. The maximum Gasteiger partial charge on any atom is 0.332 e. The Morgan fingerprint density at radius 3 is 2.67 bits per heavy atom. The van der Waals surface area contributed by atoms with Crippen LogP contribution in [0.4, 0.5) is 0 Å². The molecule has 0 aliphatic carbocycles. The van der Waals surface area contributed by atoms with Crippen LogP contribution in [-0.4, -0.2) is 37.5 Å². The highest BCUT2D eigenvalue weighted by Crippen LogP contribution is 2.23. The average molecular weight is 362 g/mol. The number of nitrogens with one attached hydrogen (secondary N) is 1. The minimum atomic E-state index is -0.767. The lowest BCUT2D eigenvalue weighted by molar-refractivity contribution is 0.0997. The number of amides is 1. The van der Waals surface area contributed by atoms with Crippen LogP contribution >= 0.6 is 0 Å². The number of carbonyl (C=O) groups excluding carboxylic acids is 1. The molecule has 0 aliphatic rings. The lowest BCUT2D eigenvalue weighted by Crippen LogP contribution is -2.15. The number of carbonyl (C=O) groups is 1. The minimum Gasteiger partial charge on any atom is -0.497 e. The molecular formula is C18H14N6O3. The summed E-state index contributed by atoms with van der Waals surface area (Å²) < 4.78 is 6.56. The van der Waals surface area contributed by atoms with E-state index in [-0.39, 0.29) is 22.7 Å². The van der Waals surface area contributed by atoms with Crippen molar-refractivity contribution in [2.24, 2.45) is 5.73 Å². The van der Waals surface area contributed by atoms with Crippen LogP contribution in [0.25, 0.3) is 28.2 Å². The van der Waals surface area contributed by atoms with Gasteiger partial charge in [0.15, 0.2) is 17.2 Å². The Labute approximate surface area is 152 Å². The smallest absolute Gasteiger partial charge is 0.332 e. The number of H-pyrrole nitrogens is 1. The van der Waals surface area contributed by atoms with Gasteiger partial charge in [0.1, 0.15) is 11.3 Å². The normalized spacial score (nSPS) is 10.9. The predicted molar refractivity (Wildman–Crippen MR) is 97.8 cm³/mol. The fourth-order valence-corrected chi connectivity index (χ4v) is 2.78. The molecule has 1 aromatic carbocycles. The molecule has 0 radical (unpaired) electrons. The maximum absolute atomic E-state index is 12.6. The molecule has 0 unspecified atom stereocenters. The van der Waals surface area contributed by atoms with Crippen molar-refractivity contribution in [1.29, 1.82) is 0 Å². The van der Waals surface area contributed by atoms with Crippen molar-refractivity contribution in [2.75, 3.05) is 7.11 Å². The third-order valence-electron chi connectivity index (χ3n) is 4.02. The van der Waals surface area contributed by atoms with Gasteiger partial charge >= 0.3 is 5.69 Å². The summed E-state index contributed by atoms with van der Waals surface area (Å²) in [5.41, 5.74) is 6.52. The summed E-state index contributed by atoms with van der Waals surface area (Å²) in [6, 6.07) is 10.3. The quantitative estimate of drug-likeness (QED) is 0.563. The van der Waals surface area contributed by atoms with Crippen LogP contribution in [0.5, 0.6) is 5.75 Å². The Bertz CT molecular complexity index is 1210. The Balaban J connectivity index is 2.06. The zero-order chi connectivity index (χ0) is 19.0. The first kappa shape index (κ1) is 16.5. The molecule has 9 nitrogen and oxygen atoms in total. The number of hydrogen-bond acceptors (Lipinski definition) is 6. The van der Waals surface area contributed by atoms with Gasteiger partial charge in [0.2, 0.25) is 0 Å². The zero-order valence-corrected chi connectivity index (χ0v) is 14.2. The number of rotatable bonds is 4. The summed E-state index contributed by atoms with van der Waals surface area (Å²) >= 11 is 0. The molecule has 9 heteroatoms. The summed E-state index contributed by atoms with van der Waals surface area (Å²) in [5, 5.41) is 0. The Hall–Kier alpha value is -4.01. The second-order valence-corrected chi connectivity index (χ2v) is 5.66. The fourth-order valence-electron chi connectivity index (χ4n) is 2.78. The molecule has 0 bridgehead atoms. The summed E-state index contributed by atoms with van der Waals surface area (Å²) in [6.45, 7) is 0. The van der Waals surface area contributed by atoms with Crippen LogP contribution in [0.1, 0.15) is 10.5 Å². The highest BCUT2D eigenvalue weighted by atomic mass is 16.5. The number of nitrogens with zero attached hydrogens (tertiary/aromatic N) is 4. The molecule has 0 saturated carbocycles. The number of pyridine rings is 1. The van der Waals surface area contributed by atoms with E-state index in [1.807, 2.05) is 0 Å². The molecule has 3 heterocycles. The third kappa shape index (κ3) is 2.80. The van der Waals surface area contributed by atoms with Gasteiger partial charge in [-0.25, -0.2) is 19.3 Å². The molecule has 134 valence electrons. The van der Waals surface area contributed by atoms with Crippen LogP contribution < -0.4 is 16.2 Å². The molecule has 4 aromatic rings. The molecule has 1 amide bonds. The Kier molecular flexibility index (Phi) is 3.88. The second kappa shape index (κ2) is 6.37. The number of fused-ring (bicyclic) bond motifs is 1. The van der Waals surface area contributed by atoms with Crippen LogP contribution in [0.15, 0.2) is 53.6 Å². The number of methoxy groups -OCH3 is 1. The van der Waals surface area contributed by atoms with Crippen LogP contribution in [0.3, 0.4) is 0 Å². The maximum atomic E-state index is 12.6. The van der Waals surface area contributed by atoms with E-state index in [1.54, 1.807) is 48.8 Å². The molecule has 3 N–H and O–H groups in total. The summed E-state index contributed by atoms with van der Waals surface area (Å²) in [5.74, 6) is 0.0679. The number of primary amides is 1. The molecule has 0 fully saturated rings. The van der Waals surface area contributed by atoms with E-state index in [0.29, 0.717) is 17.0 Å². The first-order valence-electron chi connectivity index (χ1n) is 7.96. The molecule has 0 aliphatic heterocycles. The standard InChI is InChI=1S/C18H14N6O3/c1-27-12-4-2-3-11(9-12)24-17-14(22-18(24)26)13(15(19)25)21-16(23-17)10-5-7-20-8-6-10/h2-9H,1H3,(H2,19,25)(H,22,26). The van der Waals surface area contributed by atoms with E-state index in [9.17, 15) is 9.59 Å². The van der Waals surface area contributed by atoms with E-state index in [0.717, 1.165) is 0 Å². The van der Waals surface area contributed by atoms with Gasteiger partial charge in [-0.1, -0.05) is 6.07 Å². The minimum absolute atomic E-state index is 0.0643. The van der Waals surface area contributed by atoms with Gasteiger partial charge in [-0.2, -0.15) is 0 Å². The van der Waals surface area contributed by atoms with Crippen molar-refractivity contribution in [1.82, 2.24) is 24.5 Å². The number of imidazole rings is 1. The van der Waals surface area contributed by atoms with Crippen LogP contribution in [0, 0.1) is 0 Å². The van der Waals surface area contributed by atoms with Gasteiger partial charge in [-0.05, 0) is 24.3 Å². The fraction of sp³-hybridized carbons (Fsp3) is 0.0556. The first-order valence-corrected chi connectivity index (χ1v) is 7.96. The third-order valence-corrected chi connectivity index (χ3v) is 4.02. The van der Waals surface area contributed by atoms with Gasteiger partial charge in [0, 0.05) is 24.0 Å². The van der Waals surface area contributed by atoms with Gasteiger partial charge in [0.05, 0.1) is 12.8 Å². The number of aromatic amines is 1. The van der Waals surface area contributed by atoms with Crippen molar-refractivity contribution in [3.8, 4) is 22.8 Å². The molecule has 4 rings (SSSR count). The Morgan fingerprint density at radius 2 is 1.96 bits per heavy atom. The van der Waals surface area contributed by atoms with Crippen molar-refractivity contribution in [2.45, 2.75) is 0 Å². The highest BCUT2D eigenvalue weighted by molar-refractivity contribution is 6.02. The Morgan fingerprint density at radius 1 is 1.19 bits per heavy atom. The van der Waals surface area contributed by atoms with Crippen LogP contribution in [-0.2, 0) is 0 Å². The number of benzene rings is 1. The predicted octanol–water partition coefficient (Wildman–Crippen LogP) is 1.28. The van der Waals surface area contributed by atoms with E-state index in [4.69, 9.17) is 10.5 Å². The summed E-state index contributed by atoms with van der Waals surface area (Å²) in [7, 11) is 1.53. The topological polar surface area (TPSA) is 129 Å². The average Bonchev–Trinajstić information content (AvgIpc) is 3.03. The van der Waals surface area contributed by atoms with Gasteiger partial charge in [-0.3, -0.25) is 9.78 Å². The lowest BCUT2D eigenvalue weighted by atomic mass is 10.2. The van der Waals surface area contributed by atoms with Crippen molar-refractivity contribution in [3.05, 3.63) is 65.0 Å². The monoisotopic (exact) mass is 362 g/mol. The van der Waals surface area contributed by atoms with Crippen molar-refractivity contribution < 1.29 is 9.53 Å². The van der Waals surface area contributed by atoms with Gasteiger partial charge < -0.3 is 15.5 Å². The SMILES string of the molecule is COc1cccc(-n2c(=O)[nH]c3c(C(N)=O)nc(-c4ccncc4)nc32)c1. The van der Waals surface area contributed by atoms with E-state index in [1.165, 1.54) is 11.7 Å². The highest BCUT2D eigenvalue weighted by Gasteiger charge is 2.20. The zero-order valence-electron chi connectivity index (χ0n) is 14.2. The number of nitrogens with two attached hydrogens (primary N) is 1. The molecule has 3 aromatic heterocycles. The van der Waals surface area contributed by atoms with Crippen molar-refractivity contribution >= 4 is 17.1 Å². The number of aromatic nitrogens is 5. The number of hydrogen-bond donors (Lipinski definition) is 2. The van der Waals surface area contributed by atoms with Crippen molar-refractivity contribution in [3.63, 3.8) is 0 Å². The lowest BCUT2D eigenvalue weighted by Gasteiger charge is -2.07. The van der Waals surface area contributed by atoms with Crippen LogP contribution in [0.2, 0.25) is 0 Å². The molecular weight excluding hydrogens is 348 g/mol. The summed E-state index contributed by atoms with van der Waals surface area (Å²) in [6.07, 6.45) is 3.16. The van der Waals surface area contributed by atoms with Gasteiger partial charge in [0.25, 0.3) is 5.91 Å². The largest absolute Gasteiger partial charge is 0.497 e.